The number of hydrogen-bond acceptors (Lipinski definition) is 4. The van der Waals surface area contributed by atoms with Crippen LogP contribution in [0.15, 0.2) is 39.9 Å². The average molecular weight is 341 g/mol. The van der Waals surface area contributed by atoms with Gasteiger partial charge in [-0.3, -0.25) is 13.9 Å². The number of aryl methyl sites for hydroxylation is 2. The molecule has 0 aliphatic rings. The van der Waals surface area contributed by atoms with Crippen LogP contribution in [0.3, 0.4) is 0 Å². The van der Waals surface area contributed by atoms with Crippen molar-refractivity contribution < 1.29 is 9.53 Å². The van der Waals surface area contributed by atoms with Gasteiger partial charge in [0.25, 0.3) is 5.56 Å². The number of carbonyl (C=O) groups is 1. The lowest BCUT2D eigenvalue weighted by Gasteiger charge is -2.10. The summed E-state index contributed by atoms with van der Waals surface area (Å²) in [7, 11) is 4.81. The highest BCUT2D eigenvalue weighted by molar-refractivity contribution is 5.98. The van der Waals surface area contributed by atoms with Crippen LogP contribution in [0.25, 0.3) is 22.3 Å². The molecule has 0 aliphatic carbocycles. The van der Waals surface area contributed by atoms with Gasteiger partial charge in [0.1, 0.15) is 5.52 Å². The summed E-state index contributed by atoms with van der Waals surface area (Å²) in [5.41, 5.74) is 1.87. The van der Waals surface area contributed by atoms with Gasteiger partial charge in [0.2, 0.25) is 0 Å². The van der Waals surface area contributed by atoms with Gasteiger partial charge in [-0.15, -0.1) is 0 Å². The van der Waals surface area contributed by atoms with E-state index in [1.165, 1.54) is 11.6 Å². The van der Waals surface area contributed by atoms with Crippen LogP contribution in [0, 0.1) is 0 Å². The average Bonchev–Trinajstić information content (AvgIpc) is 2.95. The van der Waals surface area contributed by atoms with Gasteiger partial charge < -0.3 is 9.30 Å². The summed E-state index contributed by atoms with van der Waals surface area (Å²) in [6, 6.07) is 8.79. The maximum Gasteiger partial charge on any atom is 0.338 e. The maximum absolute atomic E-state index is 12.5. The highest BCUT2D eigenvalue weighted by Crippen LogP contribution is 2.28. The van der Waals surface area contributed by atoms with Crippen molar-refractivity contribution in [1.29, 1.82) is 0 Å². The van der Waals surface area contributed by atoms with Gasteiger partial charge in [0.15, 0.2) is 0 Å². The zero-order valence-corrected chi connectivity index (χ0v) is 14.6. The molecule has 0 amide bonds. The van der Waals surface area contributed by atoms with Crippen LogP contribution in [0.1, 0.15) is 17.3 Å². The summed E-state index contributed by atoms with van der Waals surface area (Å²) in [6.45, 7) is 2.02. The standard InChI is InChI=1S/C18H19N3O4/c1-5-25-17(23)12-9-7-6-8-11(12)13-10-14-15(19(13)2)16(22)21(4)18(24)20(14)3/h6-10H,5H2,1-4H3. The Labute approximate surface area is 143 Å². The molecule has 0 unspecified atom stereocenters. The molecule has 2 heterocycles. The van der Waals surface area contributed by atoms with Crippen LogP contribution in [0.4, 0.5) is 0 Å². The van der Waals surface area contributed by atoms with Crippen molar-refractivity contribution in [2.75, 3.05) is 6.61 Å². The number of ether oxygens (including phenoxy) is 1. The molecule has 0 spiro atoms. The Morgan fingerprint density at radius 2 is 1.72 bits per heavy atom. The molecule has 0 saturated heterocycles. The quantitative estimate of drug-likeness (QED) is 0.675. The second kappa shape index (κ2) is 6.08. The molecule has 130 valence electrons. The van der Waals surface area contributed by atoms with E-state index in [9.17, 15) is 14.4 Å². The molecule has 1 aromatic carbocycles. The minimum atomic E-state index is -0.426. The molecule has 3 aromatic rings. The van der Waals surface area contributed by atoms with E-state index in [2.05, 4.69) is 0 Å². The molecular formula is C18H19N3O4. The SMILES string of the molecule is CCOC(=O)c1ccccc1-c1cc2c(c(=O)n(C)c(=O)n2C)n1C. The molecule has 3 rings (SSSR count). The lowest BCUT2D eigenvalue weighted by Crippen LogP contribution is -2.37. The lowest BCUT2D eigenvalue weighted by molar-refractivity contribution is 0.0527. The fourth-order valence-electron chi connectivity index (χ4n) is 3.02. The molecule has 2 aromatic heterocycles. The number of esters is 1. The first-order chi connectivity index (χ1) is 11.9. The van der Waals surface area contributed by atoms with Crippen molar-refractivity contribution >= 4 is 17.0 Å². The predicted molar refractivity (Wildman–Crippen MR) is 94.8 cm³/mol. The smallest absolute Gasteiger partial charge is 0.338 e. The molecule has 0 radical (unpaired) electrons. The van der Waals surface area contributed by atoms with Gasteiger partial charge >= 0.3 is 11.7 Å². The first-order valence-electron chi connectivity index (χ1n) is 7.90. The van der Waals surface area contributed by atoms with Gasteiger partial charge in [-0.05, 0) is 19.1 Å². The summed E-state index contributed by atoms with van der Waals surface area (Å²) in [4.78, 5) is 36.9. The molecule has 0 fully saturated rings. The van der Waals surface area contributed by atoms with E-state index in [0.717, 1.165) is 4.57 Å². The van der Waals surface area contributed by atoms with Gasteiger partial charge in [-0.2, -0.15) is 0 Å². The second-order valence-corrected chi connectivity index (χ2v) is 5.79. The number of hydrogen-bond donors (Lipinski definition) is 0. The lowest BCUT2D eigenvalue weighted by atomic mass is 10.0. The van der Waals surface area contributed by atoms with Crippen LogP contribution >= 0.6 is 0 Å². The van der Waals surface area contributed by atoms with E-state index >= 15 is 0 Å². The van der Waals surface area contributed by atoms with Crippen molar-refractivity contribution in [2.45, 2.75) is 6.92 Å². The van der Waals surface area contributed by atoms with Crippen molar-refractivity contribution in [3.05, 3.63) is 56.7 Å². The zero-order chi connectivity index (χ0) is 18.3. The number of fused-ring (bicyclic) bond motifs is 1. The Bertz CT molecular complexity index is 1100. The van der Waals surface area contributed by atoms with E-state index in [4.69, 9.17) is 4.74 Å². The molecule has 7 heteroatoms. The van der Waals surface area contributed by atoms with Gasteiger partial charge in [0, 0.05) is 26.7 Å². The fraction of sp³-hybridized carbons (Fsp3) is 0.278. The molecule has 0 bridgehead atoms. The summed E-state index contributed by atoms with van der Waals surface area (Å²) in [6.07, 6.45) is 0. The van der Waals surface area contributed by atoms with Gasteiger partial charge in [-0.25, -0.2) is 9.59 Å². The highest BCUT2D eigenvalue weighted by atomic mass is 16.5. The minimum Gasteiger partial charge on any atom is -0.462 e. The number of nitrogens with zero attached hydrogens (tertiary/aromatic N) is 3. The first-order valence-corrected chi connectivity index (χ1v) is 7.90. The maximum atomic E-state index is 12.5. The van der Waals surface area contributed by atoms with E-state index in [-0.39, 0.29) is 12.2 Å². The minimum absolute atomic E-state index is 0.275. The number of benzene rings is 1. The van der Waals surface area contributed by atoms with Gasteiger partial charge in [-0.1, -0.05) is 18.2 Å². The van der Waals surface area contributed by atoms with E-state index in [1.807, 2.05) is 6.07 Å². The Kier molecular flexibility index (Phi) is 4.08. The molecule has 25 heavy (non-hydrogen) atoms. The predicted octanol–water partition coefficient (Wildman–Crippen LogP) is 1.42. The number of rotatable bonds is 3. The van der Waals surface area contributed by atoms with Crippen LogP contribution in [-0.2, 0) is 25.9 Å². The van der Waals surface area contributed by atoms with Crippen LogP contribution in [0.5, 0.6) is 0 Å². The van der Waals surface area contributed by atoms with Crippen molar-refractivity contribution in [2.24, 2.45) is 21.1 Å². The van der Waals surface area contributed by atoms with Gasteiger partial charge in [0.05, 0.1) is 23.4 Å². The second-order valence-electron chi connectivity index (χ2n) is 5.79. The van der Waals surface area contributed by atoms with E-state index in [0.29, 0.717) is 27.9 Å². The van der Waals surface area contributed by atoms with E-state index < -0.39 is 11.7 Å². The monoisotopic (exact) mass is 341 g/mol. The van der Waals surface area contributed by atoms with Crippen molar-refractivity contribution in [1.82, 2.24) is 13.7 Å². The third-order valence-electron chi connectivity index (χ3n) is 4.35. The third kappa shape index (κ3) is 2.48. The largest absolute Gasteiger partial charge is 0.462 e. The summed E-state index contributed by atoms with van der Waals surface area (Å²) in [5.74, 6) is -0.426. The Morgan fingerprint density at radius 1 is 1.04 bits per heavy atom. The first kappa shape index (κ1) is 16.8. The van der Waals surface area contributed by atoms with Crippen LogP contribution in [0.2, 0.25) is 0 Å². The summed E-state index contributed by atoms with van der Waals surface area (Å²) >= 11 is 0. The topological polar surface area (TPSA) is 75.2 Å². The summed E-state index contributed by atoms with van der Waals surface area (Å²) in [5, 5.41) is 0. The molecule has 7 nitrogen and oxygen atoms in total. The molecule has 0 N–H and O–H groups in total. The van der Waals surface area contributed by atoms with E-state index in [1.54, 1.807) is 49.9 Å². The molecule has 0 aliphatic heterocycles. The normalized spacial score (nSPS) is 11.0. The van der Waals surface area contributed by atoms with Crippen molar-refractivity contribution in [3.8, 4) is 11.3 Å². The Hall–Kier alpha value is -3.09. The molecular weight excluding hydrogens is 322 g/mol. The highest BCUT2D eigenvalue weighted by Gasteiger charge is 2.20. The Balaban J connectivity index is 2.36. The fourth-order valence-corrected chi connectivity index (χ4v) is 3.02. The van der Waals surface area contributed by atoms with Crippen LogP contribution in [-0.4, -0.2) is 26.3 Å². The number of carbonyl (C=O) groups excluding carboxylic acids is 1. The Morgan fingerprint density at radius 3 is 2.40 bits per heavy atom. The summed E-state index contributed by atoms with van der Waals surface area (Å²) < 4.78 is 9.32. The van der Waals surface area contributed by atoms with Crippen LogP contribution < -0.4 is 11.2 Å². The molecule has 0 atom stereocenters. The van der Waals surface area contributed by atoms with Crippen molar-refractivity contribution in [3.63, 3.8) is 0 Å². The number of aromatic nitrogens is 3. The zero-order valence-electron chi connectivity index (χ0n) is 14.6. The molecule has 0 saturated carbocycles. The third-order valence-corrected chi connectivity index (χ3v) is 4.35.